The molecule has 7 nitrogen and oxygen atoms in total. The van der Waals surface area contributed by atoms with Crippen LogP contribution in [0.1, 0.15) is 41.5 Å². The molecule has 0 radical (unpaired) electrons. The highest BCUT2D eigenvalue weighted by atomic mass is 16.5. The number of rotatable bonds is 6. The number of aromatic amines is 1. The zero-order valence-corrected chi connectivity index (χ0v) is 16.4. The van der Waals surface area contributed by atoms with Crippen molar-refractivity contribution in [2.24, 2.45) is 0 Å². The van der Waals surface area contributed by atoms with Crippen LogP contribution in [0.15, 0.2) is 24.3 Å². The number of amides is 1. The molecule has 3 rings (SSSR count). The predicted octanol–water partition coefficient (Wildman–Crippen LogP) is 2.29. The summed E-state index contributed by atoms with van der Waals surface area (Å²) in [5, 5.41) is 10.4. The van der Waals surface area contributed by atoms with Gasteiger partial charge in [-0.25, -0.2) is 0 Å². The van der Waals surface area contributed by atoms with Gasteiger partial charge in [-0.2, -0.15) is 5.10 Å². The summed E-state index contributed by atoms with van der Waals surface area (Å²) < 4.78 is 11.1. The first kappa shape index (κ1) is 19.4. The molecular formula is C20H28N4O3. The highest BCUT2D eigenvalue weighted by Gasteiger charge is 2.30. The summed E-state index contributed by atoms with van der Waals surface area (Å²) >= 11 is 0. The molecule has 1 aliphatic heterocycles. The highest BCUT2D eigenvalue weighted by molar-refractivity contribution is 5.78. The molecule has 2 heterocycles. The third-order valence-electron chi connectivity index (χ3n) is 5.09. The Bertz CT molecular complexity index is 770. The lowest BCUT2D eigenvalue weighted by molar-refractivity contribution is -0.125. The monoisotopic (exact) mass is 372 g/mol. The van der Waals surface area contributed by atoms with Crippen LogP contribution in [-0.2, 0) is 9.53 Å². The molecule has 27 heavy (non-hydrogen) atoms. The van der Waals surface area contributed by atoms with Crippen molar-refractivity contribution in [3.63, 3.8) is 0 Å². The molecule has 146 valence electrons. The van der Waals surface area contributed by atoms with E-state index < -0.39 is 0 Å². The zero-order chi connectivity index (χ0) is 19.4. The van der Waals surface area contributed by atoms with Crippen LogP contribution in [-0.4, -0.2) is 54.4 Å². The van der Waals surface area contributed by atoms with Gasteiger partial charge in [-0.3, -0.25) is 14.8 Å². The number of nitrogens with one attached hydrogen (secondary N) is 2. The Balaban J connectivity index is 1.68. The molecule has 1 aliphatic rings. The number of nitrogens with zero attached hydrogens (tertiary/aromatic N) is 2. The number of carbonyl (C=O) groups excluding carboxylic acids is 1. The van der Waals surface area contributed by atoms with E-state index in [-0.39, 0.29) is 18.0 Å². The maximum absolute atomic E-state index is 12.7. The van der Waals surface area contributed by atoms with Crippen LogP contribution in [0, 0.1) is 13.8 Å². The lowest BCUT2D eigenvalue weighted by Crippen LogP contribution is -2.45. The largest absolute Gasteiger partial charge is 0.496 e. The van der Waals surface area contributed by atoms with Gasteiger partial charge in [0, 0.05) is 23.4 Å². The van der Waals surface area contributed by atoms with Crippen LogP contribution in [0.2, 0.25) is 0 Å². The van der Waals surface area contributed by atoms with Crippen LogP contribution < -0.4 is 10.1 Å². The lowest BCUT2D eigenvalue weighted by atomic mass is 10.0. The summed E-state index contributed by atoms with van der Waals surface area (Å²) in [6.45, 7) is 8.18. The first-order chi connectivity index (χ1) is 13.0. The molecule has 0 spiro atoms. The zero-order valence-electron chi connectivity index (χ0n) is 16.4. The first-order valence-corrected chi connectivity index (χ1v) is 9.26. The number of hydrogen-bond acceptors (Lipinski definition) is 5. The number of methoxy groups -OCH3 is 1. The molecule has 0 aliphatic carbocycles. The molecule has 2 N–H and O–H groups in total. The van der Waals surface area contributed by atoms with Gasteiger partial charge < -0.3 is 14.8 Å². The van der Waals surface area contributed by atoms with Gasteiger partial charge in [0.25, 0.3) is 0 Å². The summed E-state index contributed by atoms with van der Waals surface area (Å²) in [5.41, 5.74) is 4.07. The molecule has 2 atom stereocenters. The van der Waals surface area contributed by atoms with Gasteiger partial charge in [-0.05, 0) is 26.8 Å². The summed E-state index contributed by atoms with van der Waals surface area (Å²) in [5.74, 6) is 0.762. The van der Waals surface area contributed by atoms with Gasteiger partial charge >= 0.3 is 0 Å². The normalized spacial score (nSPS) is 18.9. The number of para-hydroxylation sites is 1. The van der Waals surface area contributed by atoms with Crippen molar-refractivity contribution < 1.29 is 14.3 Å². The van der Waals surface area contributed by atoms with Crippen LogP contribution in [0.4, 0.5) is 0 Å². The van der Waals surface area contributed by atoms with E-state index in [1.54, 1.807) is 7.11 Å². The van der Waals surface area contributed by atoms with Gasteiger partial charge in [-0.15, -0.1) is 0 Å². The van der Waals surface area contributed by atoms with Gasteiger partial charge in [0.05, 0.1) is 44.6 Å². The molecule has 0 saturated carbocycles. The molecule has 7 heteroatoms. The third kappa shape index (κ3) is 4.31. The summed E-state index contributed by atoms with van der Waals surface area (Å²) in [6.07, 6.45) is 0. The average molecular weight is 372 g/mol. The Morgan fingerprint density at radius 2 is 2.22 bits per heavy atom. The van der Waals surface area contributed by atoms with Gasteiger partial charge in [0.2, 0.25) is 5.91 Å². The van der Waals surface area contributed by atoms with E-state index in [1.165, 1.54) is 0 Å². The standard InChI is InChI=1S/C20H28N4O3/c1-13(16-7-5-6-8-18(16)26-4)21-19(25)11-24-9-10-27-12-17(24)20-14(2)22-23-15(20)3/h5-8,13,17H,9-12H2,1-4H3,(H,21,25)(H,22,23)/t13-,17+/m1/s1. The van der Waals surface area contributed by atoms with Crippen molar-refractivity contribution in [3.8, 4) is 5.75 Å². The summed E-state index contributed by atoms with van der Waals surface area (Å²) in [6, 6.07) is 7.64. The maximum Gasteiger partial charge on any atom is 0.234 e. The predicted molar refractivity (Wildman–Crippen MR) is 103 cm³/mol. The second-order valence-electron chi connectivity index (χ2n) is 6.94. The van der Waals surface area contributed by atoms with E-state index in [0.717, 1.165) is 28.3 Å². The number of carbonyl (C=O) groups is 1. The molecule has 1 amide bonds. The second kappa shape index (κ2) is 8.54. The number of aryl methyl sites for hydroxylation is 2. The fraction of sp³-hybridized carbons (Fsp3) is 0.500. The Morgan fingerprint density at radius 3 is 2.93 bits per heavy atom. The van der Waals surface area contributed by atoms with E-state index in [1.807, 2.05) is 45.0 Å². The van der Waals surface area contributed by atoms with Crippen LogP contribution in [0.5, 0.6) is 5.75 Å². The molecule has 1 aromatic carbocycles. The molecular weight excluding hydrogens is 344 g/mol. The van der Waals surface area contributed by atoms with Gasteiger partial charge in [0.1, 0.15) is 5.75 Å². The Hall–Kier alpha value is -2.38. The molecule has 1 saturated heterocycles. The smallest absolute Gasteiger partial charge is 0.234 e. The number of ether oxygens (including phenoxy) is 2. The van der Waals surface area contributed by atoms with Crippen molar-refractivity contribution >= 4 is 5.91 Å². The van der Waals surface area contributed by atoms with E-state index in [0.29, 0.717) is 26.3 Å². The number of aromatic nitrogens is 2. The first-order valence-electron chi connectivity index (χ1n) is 9.26. The van der Waals surface area contributed by atoms with Crippen molar-refractivity contribution in [2.75, 3.05) is 33.4 Å². The fourth-order valence-corrected chi connectivity index (χ4v) is 3.72. The number of H-pyrrole nitrogens is 1. The van der Waals surface area contributed by atoms with E-state index in [2.05, 4.69) is 20.4 Å². The van der Waals surface area contributed by atoms with E-state index in [4.69, 9.17) is 9.47 Å². The molecule has 0 bridgehead atoms. The van der Waals surface area contributed by atoms with Crippen molar-refractivity contribution in [2.45, 2.75) is 32.9 Å². The number of morpholine rings is 1. The highest BCUT2D eigenvalue weighted by Crippen LogP contribution is 2.28. The van der Waals surface area contributed by atoms with Crippen molar-refractivity contribution in [1.29, 1.82) is 0 Å². The van der Waals surface area contributed by atoms with Crippen molar-refractivity contribution in [3.05, 3.63) is 46.8 Å². The van der Waals surface area contributed by atoms with E-state index >= 15 is 0 Å². The van der Waals surface area contributed by atoms with E-state index in [9.17, 15) is 4.79 Å². The Kier molecular flexibility index (Phi) is 6.13. The summed E-state index contributed by atoms with van der Waals surface area (Å²) in [4.78, 5) is 14.9. The minimum absolute atomic E-state index is 0.0147. The number of benzene rings is 1. The average Bonchev–Trinajstić information content (AvgIpc) is 3.00. The third-order valence-corrected chi connectivity index (χ3v) is 5.09. The Labute approximate surface area is 160 Å². The topological polar surface area (TPSA) is 79.5 Å². The van der Waals surface area contributed by atoms with Crippen LogP contribution >= 0.6 is 0 Å². The van der Waals surface area contributed by atoms with Gasteiger partial charge in [0.15, 0.2) is 0 Å². The summed E-state index contributed by atoms with van der Waals surface area (Å²) in [7, 11) is 1.64. The molecule has 2 aromatic rings. The minimum Gasteiger partial charge on any atom is -0.496 e. The minimum atomic E-state index is -0.134. The Morgan fingerprint density at radius 1 is 1.44 bits per heavy atom. The second-order valence-corrected chi connectivity index (χ2v) is 6.94. The van der Waals surface area contributed by atoms with Gasteiger partial charge in [-0.1, -0.05) is 18.2 Å². The SMILES string of the molecule is COc1ccccc1[C@@H](C)NC(=O)CN1CCOC[C@H]1c1c(C)n[nH]c1C. The molecule has 0 unspecified atom stereocenters. The molecule has 1 aromatic heterocycles. The fourth-order valence-electron chi connectivity index (χ4n) is 3.72. The number of hydrogen-bond donors (Lipinski definition) is 2. The van der Waals surface area contributed by atoms with Crippen LogP contribution in [0.25, 0.3) is 0 Å². The van der Waals surface area contributed by atoms with Crippen molar-refractivity contribution in [1.82, 2.24) is 20.4 Å². The maximum atomic E-state index is 12.7. The molecule has 1 fully saturated rings. The quantitative estimate of drug-likeness (QED) is 0.813. The lowest BCUT2D eigenvalue weighted by Gasteiger charge is -2.35. The van der Waals surface area contributed by atoms with Crippen LogP contribution in [0.3, 0.4) is 0 Å².